The van der Waals surface area contributed by atoms with Crippen molar-refractivity contribution in [2.24, 2.45) is 0 Å². The van der Waals surface area contributed by atoms with Crippen LogP contribution in [0.2, 0.25) is 1.41 Å². The highest BCUT2D eigenvalue weighted by molar-refractivity contribution is 5.75. The quantitative estimate of drug-likeness (QED) is 0.410. The topological polar surface area (TPSA) is 49.3 Å². The Hall–Kier alpha value is -0.570. The molecule has 0 aromatic heterocycles. The number of carbonyl (C=O) groups excluding carboxylic acids is 1. The van der Waals surface area contributed by atoms with Gasteiger partial charge in [-0.25, -0.2) is 0 Å². The smallest absolute Gasteiger partial charge is 0.220 e. The number of rotatable bonds is 16. The van der Waals surface area contributed by atoms with Crippen molar-refractivity contribution >= 4 is 5.91 Å². The number of hydrogen-bond acceptors (Lipinski definition) is 2. The minimum atomic E-state index is -2.87. The van der Waals surface area contributed by atoms with Crippen LogP contribution < -0.4 is 5.31 Å². The first-order valence-corrected chi connectivity index (χ1v) is 8.76. The number of hydrogen-bond donors (Lipinski definition) is 2. The maximum Gasteiger partial charge on any atom is 0.220 e. The van der Waals surface area contributed by atoms with Gasteiger partial charge in [0.1, 0.15) is 0 Å². The van der Waals surface area contributed by atoms with Crippen LogP contribution in [-0.2, 0) is 4.79 Å². The molecule has 0 radical (unpaired) electrons. The van der Waals surface area contributed by atoms with Gasteiger partial charge in [-0.15, -0.1) is 0 Å². The lowest BCUT2D eigenvalue weighted by Gasteiger charge is -2.04. The molecule has 0 aliphatic heterocycles. The van der Waals surface area contributed by atoms with Gasteiger partial charge >= 0.3 is 0 Å². The van der Waals surface area contributed by atoms with Crippen LogP contribution in [0.5, 0.6) is 0 Å². The minimum Gasteiger partial charge on any atom is -0.395 e. The summed E-state index contributed by atoms with van der Waals surface area (Å²) in [5.74, 6) is -0.610. The largest absolute Gasteiger partial charge is 0.395 e. The molecule has 3 nitrogen and oxygen atoms in total. The van der Waals surface area contributed by atoms with E-state index in [1.165, 1.54) is 57.8 Å². The summed E-state index contributed by atoms with van der Waals surface area (Å²) >= 11 is 0. The molecule has 0 spiro atoms. The molecule has 2 N–H and O–H groups in total. The summed E-state index contributed by atoms with van der Waals surface area (Å²) in [6, 6.07) is 0. The Morgan fingerprint density at radius 1 is 0.905 bits per heavy atom. The zero-order valence-corrected chi connectivity index (χ0v) is 13.8. The van der Waals surface area contributed by atoms with E-state index in [1.807, 2.05) is 0 Å². The Labute approximate surface area is 137 Å². The maximum atomic E-state index is 11.7. The van der Waals surface area contributed by atoms with Gasteiger partial charge < -0.3 is 10.4 Å². The molecule has 0 rings (SSSR count). The average molecular weight is 304 g/mol. The highest BCUT2D eigenvalue weighted by Gasteiger charge is 1.99. The highest BCUT2D eigenvalue weighted by Crippen LogP contribution is 2.12. The maximum absolute atomic E-state index is 11.7. The van der Waals surface area contributed by atoms with E-state index in [-0.39, 0.29) is 11.7 Å². The van der Waals surface area contributed by atoms with Crippen molar-refractivity contribution in [2.75, 3.05) is 13.1 Å². The molecular weight excluding hydrogens is 262 g/mol. The van der Waals surface area contributed by atoms with Gasteiger partial charge in [0.05, 0.1) is 10.7 Å². The second kappa shape index (κ2) is 17.5. The molecule has 1 amide bonds. The summed E-state index contributed by atoms with van der Waals surface area (Å²) in [4.78, 5) is 11.7. The second-order valence-electron chi connectivity index (χ2n) is 5.77. The van der Waals surface area contributed by atoms with Crippen LogP contribution in [0, 0.1) is 0 Å². The first kappa shape index (κ1) is 14.0. The third-order valence-electron chi connectivity index (χ3n) is 3.76. The van der Waals surface area contributed by atoms with Crippen molar-refractivity contribution in [3.8, 4) is 0 Å². The standard InChI is InChI=1S/C18H37NO2/c1-2-3-4-5-6-7-8-9-10-11-12-13-14-15-18(21)19-16-17-20/h20H,2-17H2,1H3,(H,19,21)/i16D,17D2/hD. The zero-order chi connectivity index (χ0) is 19.1. The van der Waals surface area contributed by atoms with Crippen molar-refractivity contribution in [1.82, 2.24) is 5.31 Å². The fourth-order valence-electron chi connectivity index (χ4n) is 2.46. The molecule has 0 aliphatic carbocycles. The number of amides is 1. The van der Waals surface area contributed by atoms with Gasteiger partial charge in [-0.2, -0.15) is 0 Å². The SMILES string of the molecule is [2H]C(N([2H])C(=O)CCCCCCCCCCCCCCC)C([2H])([2H])O. The van der Waals surface area contributed by atoms with Crippen LogP contribution >= 0.6 is 0 Å². The molecule has 0 aliphatic rings. The fraction of sp³-hybridized carbons (Fsp3) is 0.944. The summed E-state index contributed by atoms with van der Waals surface area (Å²) in [6.07, 6.45) is 15.8. The predicted molar refractivity (Wildman–Crippen MR) is 90.4 cm³/mol. The van der Waals surface area contributed by atoms with Crippen molar-refractivity contribution in [3.63, 3.8) is 0 Å². The number of aliphatic hydroxyl groups is 1. The first-order valence-electron chi connectivity index (χ1n) is 10.8. The lowest BCUT2D eigenvalue weighted by molar-refractivity contribution is -0.121. The van der Waals surface area contributed by atoms with E-state index in [4.69, 9.17) is 10.6 Å². The zero-order valence-electron chi connectivity index (χ0n) is 17.8. The Morgan fingerprint density at radius 3 is 1.76 bits per heavy atom. The third-order valence-corrected chi connectivity index (χ3v) is 3.76. The monoisotopic (exact) mass is 303 g/mol. The van der Waals surface area contributed by atoms with Crippen molar-refractivity contribution in [1.29, 1.82) is 0 Å². The van der Waals surface area contributed by atoms with E-state index in [2.05, 4.69) is 6.92 Å². The molecule has 0 heterocycles. The lowest BCUT2D eigenvalue weighted by Crippen LogP contribution is -2.25. The van der Waals surface area contributed by atoms with Crippen LogP contribution in [0.25, 0.3) is 0 Å². The summed E-state index contributed by atoms with van der Waals surface area (Å²) in [5, 5.41) is 9.26. The molecule has 126 valence electrons. The van der Waals surface area contributed by atoms with Gasteiger partial charge in [-0.3, -0.25) is 4.79 Å². The summed E-state index contributed by atoms with van der Waals surface area (Å²) in [6.45, 7) is -2.53. The molecule has 0 fully saturated rings. The average Bonchev–Trinajstić information content (AvgIpc) is 2.56. The van der Waals surface area contributed by atoms with Crippen LogP contribution in [0.3, 0.4) is 0 Å². The number of unbranched alkanes of at least 4 members (excludes halogenated alkanes) is 12. The molecule has 0 saturated heterocycles. The van der Waals surface area contributed by atoms with Crippen molar-refractivity contribution in [3.05, 3.63) is 0 Å². The highest BCUT2D eigenvalue weighted by atomic mass is 16.3. The Morgan fingerprint density at radius 2 is 1.33 bits per heavy atom. The fourth-order valence-corrected chi connectivity index (χ4v) is 2.46. The van der Waals surface area contributed by atoms with E-state index in [1.54, 1.807) is 0 Å². The molecule has 0 aromatic carbocycles. The predicted octanol–water partition coefficient (Wildman–Crippen LogP) is 4.58. The second-order valence-corrected chi connectivity index (χ2v) is 5.77. The molecule has 0 saturated carbocycles. The van der Waals surface area contributed by atoms with Gasteiger partial charge in [0, 0.05) is 12.9 Å². The lowest BCUT2D eigenvalue weighted by atomic mass is 10.0. The van der Waals surface area contributed by atoms with Gasteiger partial charge in [-0.1, -0.05) is 84.0 Å². The summed E-state index contributed by atoms with van der Waals surface area (Å²) in [7, 11) is 0. The van der Waals surface area contributed by atoms with E-state index < -0.39 is 19.0 Å². The Kier molecular flexibility index (Phi) is 11.7. The third kappa shape index (κ3) is 17.4. The molecule has 3 heteroatoms. The van der Waals surface area contributed by atoms with Gasteiger partial charge in [0.15, 0.2) is 1.41 Å². The molecule has 21 heavy (non-hydrogen) atoms. The molecule has 1 atom stereocenters. The first-order chi connectivity index (χ1) is 11.8. The van der Waals surface area contributed by atoms with Crippen molar-refractivity contribution in [2.45, 2.75) is 96.8 Å². The number of carbonyl (C=O) groups is 1. The van der Waals surface area contributed by atoms with Gasteiger partial charge in [0.2, 0.25) is 5.91 Å². The molecule has 0 bridgehead atoms. The van der Waals surface area contributed by atoms with E-state index in [9.17, 15) is 4.79 Å². The van der Waals surface area contributed by atoms with Crippen LogP contribution in [0.4, 0.5) is 0 Å². The normalized spacial score (nSPS) is 15.7. The summed E-state index contributed by atoms with van der Waals surface area (Å²) in [5.41, 5.74) is 0. The Bertz CT molecular complexity index is 338. The molecule has 0 aromatic rings. The number of nitrogens with one attached hydrogen (secondary N) is 1. The van der Waals surface area contributed by atoms with Gasteiger partial charge in [-0.05, 0) is 6.42 Å². The van der Waals surface area contributed by atoms with Gasteiger partial charge in [0.25, 0.3) is 0 Å². The van der Waals surface area contributed by atoms with E-state index in [0.717, 1.165) is 19.3 Å². The van der Waals surface area contributed by atoms with Crippen molar-refractivity contribution < 1.29 is 15.4 Å². The molecular formula is C18H37NO2. The minimum absolute atomic E-state index is 0.132. The van der Waals surface area contributed by atoms with Crippen LogP contribution in [-0.4, -0.2) is 24.1 Å². The summed E-state index contributed by atoms with van der Waals surface area (Å²) < 4.78 is 28.6. The Balaban J connectivity index is 3.45. The van der Waals surface area contributed by atoms with E-state index in [0.29, 0.717) is 6.42 Å². The van der Waals surface area contributed by atoms with E-state index >= 15 is 0 Å². The van der Waals surface area contributed by atoms with Crippen LogP contribution in [0.15, 0.2) is 0 Å². The molecule has 1 unspecified atom stereocenters. The van der Waals surface area contributed by atoms with Crippen LogP contribution in [0.1, 0.15) is 101 Å².